The lowest BCUT2D eigenvalue weighted by atomic mass is 10.2. The van der Waals surface area contributed by atoms with Crippen LogP contribution in [0.25, 0.3) is 5.52 Å². The molecular weight excluding hydrogens is 140 g/mol. The first-order valence-electron chi connectivity index (χ1n) is 3.39. The monoisotopic (exact) mass is 148 g/mol. The summed E-state index contributed by atoms with van der Waals surface area (Å²) in [5, 5.41) is 7.57. The van der Waals surface area contributed by atoms with Crippen LogP contribution in [0.2, 0.25) is 0 Å². The summed E-state index contributed by atoms with van der Waals surface area (Å²) in [6.45, 7) is 0.557. The first kappa shape index (κ1) is 6.30. The molecule has 2 aromatic heterocycles. The molecular formula is C7H8N4. The lowest BCUT2D eigenvalue weighted by Crippen LogP contribution is -1.97. The van der Waals surface area contributed by atoms with Crippen LogP contribution in [0.1, 0.15) is 5.56 Å². The highest BCUT2D eigenvalue weighted by molar-refractivity contribution is 5.45. The number of pyridine rings is 1. The molecule has 56 valence electrons. The first-order valence-corrected chi connectivity index (χ1v) is 3.39. The summed E-state index contributed by atoms with van der Waals surface area (Å²) in [7, 11) is 0. The largest absolute Gasteiger partial charge is 0.326 e. The van der Waals surface area contributed by atoms with E-state index in [0.717, 1.165) is 11.1 Å². The van der Waals surface area contributed by atoms with Gasteiger partial charge in [0, 0.05) is 12.7 Å². The third kappa shape index (κ3) is 0.969. The molecule has 4 nitrogen and oxygen atoms in total. The van der Waals surface area contributed by atoms with Gasteiger partial charge >= 0.3 is 0 Å². The quantitative estimate of drug-likeness (QED) is 0.628. The molecule has 11 heavy (non-hydrogen) atoms. The van der Waals surface area contributed by atoms with Gasteiger partial charge in [-0.3, -0.25) is 0 Å². The smallest absolute Gasteiger partial charge is 0.0868 e. The number of hydrogen-bond donors (Lipinski definition) is 1. The molecule has 4 heteroatoms. The summed E-state index contributed by atoms with van der Waals surface area (Å²) in [5.41, 5.74) is 7.54. The lowest BCUT2D eigenvalue weighted by molar-refractivity contribution is 0.851. The highest BCUT2D eigenvalue weighted by atomic mass is 15.4. The molecule has 0 saturated carbocycles. The van der Waals surface area contributed by atoms with Crippen LogP contribution in [-0.2, 0) is 6.54 Å². The molecule has 0 amide bonds. The van der Waals surface area contributed by atoms with Gasteiger partial charge in [-0.15, -0.1) is 5.10 Å². The number of hydrogen-bond acceptors (Lipinski definition) is 3. The SMILES string of the molecule is NCc1ccn2nncc2c1. The van der Waals surface area contributed by atoms with E-state index < -0.39 is 0 Å². The summed E-state index contributed by atoms with van der Waals surface area (Å²) in [4.78, 5) is 0. The topological polar surface area (TPSA) is 56.2 Å². The van der Waals surface area contributed by atoms with Crippen molar-refractivity contribution in [2.24, 2.45) is 5.73 Å². The van der Waals surface area contributed by atoms with Gasteiger partial charge in [-0.05, 0) is 17.7 Å². The predicted molar refractivity (Wildman–Crippen MR) is 40.9 cm³/mol. The van der Waals surface area contributed by atoms with Gasteiger partial charge in [0.05, 0.1) is 11.7 Å². The molecule has 0 atom stereocenters. The highest BCUT2D eigenvalue weighted by Gasteiger charge is 1.94. The molecule has 0 fully saturated rings. The zero-order chi connectivity index (χ0) is 7.68. The van der Waals surface area contributed by atoms with E-state index in [1.54, 1.807) is 10.7 Å². The Morgan fingerprint density at radius 3 is 3.27 bits per heavy atom. The van der Waals surface area contributed by atoms with E-state index in [1.165, 1.54) is 0 Å². The molecule has 0 unspecified atom stereocenters. The van der Waals surface area contributed by atoms with Crippen LogP contribution in [-0.4, -0.2) is 14.8 Å². The Kier molecular flexibility index (Phi) is 1.33. The van der Waals surface area contributed by atoms with E-state index in [4.69, 9.17) is 5.73 Å². The van der Waals surface area contributed by atoms with Gasteiger partial charge in [0.25, 0.3) is 0 Å². The Morgan fingerprint density at radius 1 is 1.55 bits per heavy atom. The third-order valence-electron chi connectivity index (χ3n) is 1.60. The van der Waals surface area contributed by atoms with Crippen LogP contribution in [0.15, 0.2) is 24.5 Å². The van der Waals surface area contributed by atoms with Crippen LogP contribution >= 0.6 is 0 Å². The Balaban J connectivity index is 2.67. The van der Waals surface area contributed by atoms with Gasteiger partial charge in [-0.2, -0.15) is 0 Å². The number of rotatable bonds is 1. The van der Waals surface area contributed by atoms with Gasteiger partial charge < -0.3 is 5.73 Å². The second kappa shape index (κ2) is 2.32. The van der Waals surface area contributed by atoms with Gasteiger partial charge in [-0.25, -0.2) is 4.52 Å². The number of nitrogens with zero attached hydrogens (tertiary/aromatic N) is 3. The van der Waals surface area contributed by atoms with Gasteiger partial charge in [0.1, 0.15) is 0 Å². The molecule has 2 heterocycles. The van der Waals surface area contributed by atoms with Crippen LogP contribution in [0.5, 0.6) is 0 Å². The Labute approximate surface area is 63.6 Å². The molecule has 0 aliphatic rings. The minimum absolute atomic E-state index is 0.557. The Bertz CT molecular complexity index is 365. The molecule has 0 radical (unpaired) electrons. The number of fused-ring (bicyclic) bond motifs is 1. The van der Waals surface area contributed by atoms with E-state index in [2.05, 4.69) is 10.3 Å². The lowest BCUT2D eigenvalue weighted by Gasteiger charge is -1.95. The molecule has 2 aromatic rings. The molecule has 0 aliphatic carbocycles. The fraction of sp³-hybridized carbons (Fsp3) is 0.143. The van der Waals surface area contributed by atoms with Crippen molar-refractivity contribution in [3.05, 3.63) is 30.1 Å². The van der Waals surface area contributed by atoms with Crippen LogP contribution in [0.4, 0.5) is 0 Å². The minimum Gasteiger partial charge on any atom is -0.326 e. The Hall–Kier alpha value is -1.42. The van der Waals surface area contributed by atoms with Crippen LogP contribution in [0.3, 0.4) is 0 Å². The van der Waals surface area contributed by atoms with Crippen molar-refractivity contribution in [1.82, 2.24) is 14.8 Å². The van der Waals surface area contributed by atoms with Crippen LogP contribution in [0, 0.1) is 0 Å². The van der Waals surface area contributed by atoms with Crippen molar-refractivity contribution in [2.75, 3.05) is 0 Å². The second-order valence-corrected chi connectivity index (χ2v) is 2.34. The molecule has 0 spiro atoms. The van der Waals surface area contributed by atoms with Gasteiger partial charge in [-0.1, -0.05) is 5.21 Å². The van der Waals surface area contributed by atoms with Crippen molar-refractivity contribution in [3.8, 4) is 0 Å². The Morgan fingerprint density at radius 2 is 2.45 bits per heavy atom. The molecule has 0 aliphatic heterocycles. The summed E-state index contributed by atoms with van der Waals surface area (Å²) >= 11 is 0. The minimum atomic E-state index is 0.557. The first-order chi connectivity index (χ1) is 5.40. The van der Waals surface area contributed by atoms with Gasteiger partial charge in [0.2, 0.25) is 0 Å². The van der Waals surface area contributed by atoms with Gasteiger partial charge in [0.15, 0.2) is 0 Å². The third-order valence-corrected chi connectivity index (χ3v) is 1.60. The average Bonchev–Trinajstić information content (AvgIpc) is 2.50. The summed E-state index contributed by atoms with van der Waals surface area (Å²) in [5.74, 6) is 0. The van der Waals surface area contributed by atoms with Crippen molar-refractivity contribution in [2.45, 2.75) is 6.54 Å². The molecule has 2 rings (SSSR count). The van der Waals surface area contributed by atoms with E-state index in [1.807, 2.05) is 18.3 Å². The fourth-order valence-corrected chi connectivity index (χ4v) is 1.00. The molecule has 0 saturated heterocycles. The number of nitrogens with two attached hydrogens (primary N) is 1. The second-order valence-electron chi connectivity index (χ2n) is 2.34. The molecule has 2 N–H and O–H groups in total. The van der Waals surface area contributed by atoms with E-state index in [0.29, 0.717) is 6.54 Å². The molecule has 0 bridgehead atoms. The maximum atomic E-state index is 5.46. The number of aromatic nitrogens is 3. The van der Waals surface area contributed by atoms with E-state index in [-0.39, 0.29) is 0 Å². The fourth-order valence-electron chi connectivity index (χ4n) is 1.00. The summed E-state index contributed by atoms with van der Waals surface area (Å²) < 4.78 is 1.71. The van der Waals surface area contributed by atoms with Crippen molar-refractivity contribution in [1.29, 1.82) is 0 Å². The normalized spacial score (nSPS) is 10.6. The standard InChI is InChI=1S/C7H8N4/c8-4-6-1-2-11-7(3-6)5-9-10-11/h1-3,5H,4,8H2. The predicted octanol–water partition coefficient (Wildman–Crippen LogP) is 0.188. The van der Waals surface area contributed by atoms with Crippen LogP contribution < -0.4 is 5.73 Å². The maximum Gasteiger partial charge on any atom is 0.0868 e. The van der Waals surface area contributed by atoms with E-state index >= 15 is 0 Å². The van der Waals surface area contributed by atoms with Crippen molar-refractivity contribution < 1.29 is 0 Å². The molecule has 0 aromatic carbocycles. The highest BCUT2D eigenvalue weighted by Crippen LogP contribution is 2.03. The zero-order valence-corrected chi connectivity index (χ0v) is 5.94. The van der Waals surface area contributed by atoms with E-state index in [9.17, 15) is 0 Å². The van der Waals surface area contributed by atoms with Crippen molar-refractivity contribution >= 4 is 5.52 Å². The summed E-state index contributed by atoms with van der Waals surface area (Å²) in [6.07, 6.45) is 3.56. The van der Waals surface area contributed by atoms with Crippen molar-refractivity contribution in [3.63, 3.8) is 0 Å². The maximum absolute atomic E-state index is 5.46. The summed E-state index contributed by atoms with van der Waals surface area (Å²) in [6, 6.07) is 3.90. The average molecular weight is 148 g/mol. The zero-order valence-electron chi connectivity index (χ0n) is 5.94.